The predicted octanol–water partition coefficient (Wildman–Crippen LogP) is 8.53. The highest BCUT2D eigenvalue weighted by molar-refractivity contribution is 5.97. The van der Waals surface area contributed by atoms with Crippen LogP contribution in [0.1, 0.15) is 23.6 Å². The fraction of sp³-hybridized carbons (Fsp3) is 0.0588. The lowest BCUT2D eigenvalue weighted by molar-refractivity contribution is 0.431. The van der Waals surface area contributed by atoms with Crippen molar-refractivity contribution in [3.05, 3.63) is 132 Å². The third-order valence-corrected chi connectivity index (χ3v) is 7.72. The Morgan fingerprint density at radius 1 is 0.541 bits per heavy atom. The Kier molecular flexibility index (Phi) is 4.58. The van der Waals surface area contributed by atoms with Gasteiger partial charge in [0.2, 0.25) is 0 Å². The minimum absolute atomic E-state index is 0.236. The van der Waals surface area contributed by atoms with E-state index in [0.29, 0.717) is 0 Å². The first-order chi connectivity index (χ1) is 18.0. The molecule has 2 N–H and O–H groups in total. The predicted molar refractivity (Wildman–Crippen MR) is 149 cm³/mol. The molecule has 1 aliphatic rings. The SMILES string of the molecule is CC1(c2ccc(-c3ccccc3)cc2)c2c(ccc3cc(O)ccc23)Oc2ccc3cc(O)ccc3c21. The van der Waals surface area contributed by atoms with Crippen LogP contribution in [0.5, 0.6) is 23.0 Å². The first kappa shape index (κ1) is 21.5. The molecule has 0 aromatic heterocycles. The highest BCUT2D eigenvalue weighted by atomic mass is 16.5. The van der Waals surface area contributed by atoms with E-state index in [9.17, 15) is 10.2 Å². The topological polar surface area (TPSA) is 49.7 Å². The van der Waals surface area contributed by atoms with Crippen molar-refractivity contribution in [2.24, 2.45) is 0 Å². The first-order valence-electron chi connectivity index (χ1n) is 12.4. The Morgan fingerprint density at radius 3 is 1.59 bits per heavy atom. The number of hydrogen-bond acceptors (Lipinski definition) is 3. The summed E-state index contributed by atoms with van der Waals surface area (Å²) < 4.78 is 6.54. The van der Waals surface area contributed by atoms with E-state index in [1.54, 1.807) is 24.3 Å². The highest BCUT2D eigenvalue weighted by Gasteiger charge is 2.42. The van der Waals surface area contributed by atoms with Gasteiger partial charge in [0.15, 0.2) is 0 Å². The van der Waals surface area contributed by atoms with Crippen LogP contribution in [-0.2, 0) is 5.41 Å². The van der Waals surface area contributed by atoms with E-state index in [1.807, 2.05) is 42.5 Å². The summed E-state index contributed by atoms with van der Waals surface area (Å²) in [5.74, 6) is 2.08. The molecule has 7 rings (SSSR count). The fourth-order valence-corrected chi connectivity index (χ4v) is 5.95. The Morgan fingerprint density at radius 2 is 1.05 bits per heavy atom. The number of ether oxygens (including phenoxy) is 1. The van der Waals surface area contributed by atoms with Gasteiger partial charge in [0, 0.05) is 11.1 Å². The second kappa shape index (κ2) is 7.87. The van der Waals surface area contributed by atoms with Crippen LogP contribution >= 0.6 is 0 Å². The average Bonchev–Trinajstić information content (AvgIpc) is 2.93. The molecular weight excluding hydrogens is 456 g/mol. The van der Waals surface area contributed by atoms with Crippen molar-refractivity contribution < 1.29 is 14.9 Å². The lowest BCUT2D eigenvalue weighted by Crippen LogP contribution is -2.30. The molecule has 178 valence electrons. The monoisotopic (exact) mass is 480 g/mol. The molecule has 0 saturated heterocycles. The lowest BCUT2D eigenvalue weighted by Gasteiger charge is -2.40. The molecule has 6 aromatic carbocycles. The van der Waals surface area contributed by atoms with Crippen LogP contribution in [-0.4, -0.2) is 10.2 Å². The maximum Gasteiger partial charge on any atom is 0.132 e. The van der Waals surface area contributed by atoms with Crippen LogP contribution < -0.4 is 4.74 Å². The summed E-state index contributed by atoms with van der Waals surface area (Å²) in [5, 5.41) is 24.4. The van der Waals surface area contributed by atoms with E-state index < -0.39 is 5.41 Å². The summed E-state index contributed by atoms with van der Waals surface area (Å²) >= 11 is 0. The van der Waals surface area contributed by atoms with Crippen LogP contribution in [0.15, 0.2) is 115 Å². The third-order valence-electron chi connectivity index (χ3n) is 7.72. The minimum atomic E-state index is -0.564. The van der Waals surface area contributed by atoms with E-state index in [-0.39, 0.29) is 11.5 Å². The molecule has 0 atom stereocenters. The third kappa shape index (κ3) is 3.21. The van der Waals surface area contributed by atoms with Gasteiger partial charge in [-0.25, -0.2) is 0 Å². The van der Waals surface area contributed by atoms with Gasteiger partial charge in [-0.2, -0.15) is 0 Å². The number of fused-ring (bicyclic) bond motifs is 6. The molecule has 3 nitrogen and oxygen atoms in total. The number of hydrogen-bond donors (Lipinski definition) is 2. The molecule has 3 heteroatoms. The number of aromatic hydroxyl groups is 2. The maximum atomic E-state index is 10.2. The fourth-order valence-electron chi connectivity index (χ4n) is 5.95. The van der Waals surface area contributed by atoms with Crippen molar-refractivity contribution >= 4 is 21.5 Å². The second-order valence-corrected chi connectivity index (χ2v) is 9.86. The van der Waals surface area contributed by atoms with Crippen molar-refractivity contribution in [2.45, 2.75) is 12.3 Å². The van der Waals surface area contributed by atoms with E-state index >= 15 is 0 Å². The lowest BCUT2D eigenvalue weighted by atomic mass is 9.66. The van der Waals surface area contributed by atoms with Crippen molar-refractivity contribution in [1.82, 2.24) is 0 Å². The van der Waals surface area contributed by atoms with E-state index in [1.165, 1.54) is 5.56 Å². The summed E-state index contributed by atoms with van der Waals surface area (Å²) in [4.78, 5) is 0. The van der Waals surface area contributed by atoms with Gasteiger partial charge in [0.1, 0.15) is 23.0 Å². The number of rotatable bonds is 2. The van der Waals surface area contributed by atoms with Crippen LogP contribution in [0.3, 0.4) is 0 Å². The van der Waals surface area contributed by atoms with Crippen LogP contribution in [0.25, 0.3) is 32.7 Å². The zero-order chi connectivity index (χ0) is 25.1. The summed E-state index contributed by atoms with van der Waals surface area (Å²) in [5.41, 5.74) is 5.03. The van der Waals surface area contributed by atoms with Crippen molar-refractivity contribution in [3.63, 3.8) is 0 Å². The van der Waals surface area contributed by atoms with Crippen LogP contribution in [0.4, 0.5) is 0 Å². The Labute approximate surface area is 214 Å². The average molecular weight is 481 g/mol. The molecule has 0 saturated carbocycles. The van der Waals surface area contributed by atoms with Gasteiger partial charge in [0.25, 0.3) is 0 Å². The Hall–Kier alpha value is -4.76. The normalized spacial score (nSPS) is 13.6. The van der Waals surface area contributed by atoms with Crippen molar-refractivity contribution in [3.8, 4) is 34.1 Å². The number of phenolic OH excluding ortho intramolecular Hbond substituents is 2. The molecule has 0 bridgehead atoms. The molecule has 6 aromatic rings. The van der Waals surface area contributed by atoms with E-state index in [0.717, 1.165) is 55.3 Å². The smallest absolute Gasteiger partial charge is 0.132 e. The van der Waals surface area contributed by atoms with Crippen molar-refractivity contribution in [2.75, 3.05) is 0 Å². The maximum absolute atomic E-state index is 10.2. The molecule has 0 radical (unpaired) electrons. The largest absolute Gasteiger partial charge is 0.508 e. The Balaban J connectivity index is 1.56. The molecule has 1 aliphatic heterocycles. The summed E-state index contributed by atoms with van der Waals surface area (Å²) in [6.45, 7) is 2.25. The molecule has 0 aliphatic carbocycles. The molecule has 0 unspecified atom stereocenters. The van der Waals surface area contributed by atoms with Crippen LogP contribution in [0, 0.1) is 0 Å². The number of benzene rings is 6. The quantitative estimate of drug-likeness (QED) is 0.261. The molecule has 0 amide bonds. The van der Waals surface area contributed by atoms with E-state index in [2.05, 4.69) is 55.5 Å². The van der Waals surface area contributed by atoms with Crippen LogP contribution in [0.2, 0.25) is 0 Å². The summed E-state index contributed by atoms with van der Waals surface area (Å²) in [6, 6.07) is 38.2. The zero-order valence-electron chi connectivity index (χ0n) is 20.3. The van der Waals surface area contributed by atoms with Gasteiger partial charge in [-0.15, -0.1) is 0 Å². The van der Waals surface area contributed by atoms with Gasteiger partial charge in [0.05, 0.1) is 5.41 Å². The highest BCUT2D eigenvalue weighted by Crippen LogP contribution is 2.56. The van der Waals surface area contributed by atoms with Gasteiger partial charge in [-0.05, 0) is 81.6 Å². The van der Waals surface area contributed by atoms with Crippen molar-refractivity contribution in [1.29, 1.82) is 0 Å². The standard InChI is InChI=1S/C34H24O3/c1-34(25-11-7-22(8-12-25)21-5-3-2-4-6-21)32-28-15-13-26(35)19-23(28)9-17-30(32)37-31-18-10-24-20-27(36)14-16-29(24)33(31)34/h2-20,35-36H,1H3. The Bertz CT molecular complexity index is 1730. The summed E-state index contributed by atoms with van der Waals surface area (Å²) in [6.07, 6.45) is 0. The van der Waals surface area contributed by atoms with E-state index in [4.69, 9.17) is 4.74 Å². The van der Waals surface area contributed by atoms with Gasteiger partial charge in [-0.3, -0.25) is 0 Å². The summed E-state index contributed by atoms with van der Waals surface area (Å²) in [7, 11) is 0. The molecule has 0 fully saturated rings. The van der Waals surface area contributed by atoms with Gasteiger partial charge >= 0.3 is 0 Å². The second-order valence-electron chi connectivity index (χ2n) is 9.86. The van der Waals surface area contributed by atoms with Gasteiger partial charge < -0.3 is 14.9 Å². The molecule has 1 heterocycles. The van der Waals surface area contributed by atoms with Gasteiger partial charge in [-0.1, -0.05) is 78.9 Å². The number of phenols is 2. The molecule has 0 spiro atoms. The molecular formula is C34H24O3. The minimum Gasteiger partial charge on any atom is -0.508 e. The first-order valence-corrected chi connectivity index (χ1v) is 12.4. The zero-order valence-corrected chi connectivity index (χ0v) is 20.3. The molecule has 37 heavy (non-hydrogen) atoms.